The first kappa shape index (κ1) is 12.5. The lowest BCUT2D eigenvalue weighted by molar-refractivity contribution is -0.172. The van der Waals surface area contributed by atoms with Crippen LogP contribution in [-0.4, -0.2) is 45.7 Å². The quantitative estimate of drug-likeness (QED) is 0.704. The number of rotatable bonds is 0. The van der Waals surface area contributed by atoms with Gasteiger partial charge in [0.1, 0.15) is 5.66 Å². The van der Waals surface area contributed by atoms with E-state index in [1.54, 1.807) is 16.0 Å². The first-order valence-corrected chi connectivity index (χ1v) is 7.10. The SMILES string of the molecule is CC(=O)N1C(=O)CC23c4ccccc4C(=O)N2CCCN13. The summed E-state index contributed by atoms with van der Waals surface area (Å²) in [6, 6.07) is 7.39. The van der Waals surface area contributed by atoms with E-state index in [0.29, 0.717) is 18.7 Å². The molecule has 3 heterocycles. The Balaban J connectivity index is 1.96. The number of benzene rings is 1. The Hall–Kier alpha value is -2.21. The predicted octanol–water partition coefficient (Wildman–Crippen LogP) is 0.695. The molecule has 0 radical (unpaired) electrons. The summed E-state index contributed by atoms with van der Waals surface area (Å²) in [7, 11) is 0. The van der Waals surface area contributed by atoms with Gasteiger partial charge in [-0.3, -0.25) is 14.4 Å². The third-order valence-electron chi connectivity index (χ3n) is 4.63. The van der Waals surface area contributed by atoms with Crippen LogP contribution in [0, 0.1) is 0 Å². The minimum Gasteiger partial charge on any atom is -0.314 e. The van der Waals surface area contributed by atoms with Crippen LogP contribution in [-0.2, 0) is 15.3 Å². The first-order chi connectivity index (χ1) is 10.1. The van der Waals surface area contributed by atoms with E-state index < -0.39 is 5.66 Å². The van der Waals surface area contributed by atoms with Gasteiger partial charge < -0.3 is 4.90 Å². The highest BCUT2D eigenvalue weighted by molar-refractivity contribution is 6.03. The molecule has 2 fully saturated rings. The van der Waals surface area contributed by atoms with Crippen molar-refractivity contribution in [2.75, 3.05) is 13.1 Å². The highest BCUT2D eigenvalue weighted by atomic mass is 16.2. The summed E-state index contributed by atoms with van der Waals surface area (Å²) >= 11 is 0. The smallest absolute Gasteiger partial charge is 0.256 e. The van der Waals surface area contributed by atoms with Crippen LogP contribution in [0.15, 0.2) is 24.3 Å². The maximum Gasteiger partial charge on any atom is 0.256 e. The zero-order valence-electron chi connectivity index (χ0n) is 11.7. The predicted molar refractivity (Wildman–Crippen MR) is 72.6 cm³/mol. The molecule has 0 saturated carbocycles. The number of fused-ring (bicyclic) bond motifs is 1. The van der Waals surface area contributed by atoms with Gasteiger partial charge in [0.05, 0.1) is 6.42 Å². The summed E-state index contributed by atoms with van der Waals surface area (Å²) in [5.74, 6) is -0.581. The maximum atomic E-state index is 12.6. The fraction of sp³-hybridized carbons (Fsp3) is 0.400. The number of carbonyl (C=O) groups excluding carboxylic acids is 3. The van der Waals surface area contributed by atoms with E-state index >= 15 is 0 Å². The number of carbonyl (C=O) groups is 3. The van der Waals surface area contributed by atoms with E-state index in [9.17, 15) is 14.4 Å². The van der Waals surface area contributed by atoms with Gasteiger partial charge >= 0.3 is 0 Å². The van der Waals surface area contributed by atoms with E-state index in [1.165, 1.54) is 11.9 Å². The van der Waals surface area contributed by atoms with Gasteiger partial charge in [0, 0.05) is 31.1 Å². The van der Waals surface area contributed by atoms with Crippen molar-refractivity contribution in [3.05, 3.63) is 35.4 Å². The number of nitrogens with zero attached hydrogens (tertiary/aromatic N) is 3. The summed E-state index contributed by atoms with van der Waals surface area (Å²) in [4.78, 5) is 38.6. The highest BCUT2D eigenvalue weighted by Crippen LogP contribution is 2.50. The standard InChI is InChI=1S/C15H15N3O3/c1-10(19)18-13(20)9-15-12-6-3-2-5-11(12)14(21)16(15)7-4-8-17(15)18/h2-3,5-6H,4,7-9H2,1H3. The van der Waals surface area contributed by atoms with Gasteiger partial charge in [-0.2, -0.15) is 5.01 Å². The van der Waals surface area contributed by atoms with Gasteiger partial charge in [-0.1, -0.05) is 18.2 Å². The van der Waals surface area contributed by atoms with Crippen molar-refractivity contribution in [3.8, 4) is 0 Å². The molecule has 3 amide bonds. The van der Waals surface area contributed by atoms with Gasteiger partial charge in [0.15, 0.2) is 0 Å². The van der Waals surface area contributed by atoms with Crippen LogP contribution in [0.3, 0.4) is 0 Å². The van der Waals surface area contributed by atoms with E-state index in [-0.39, 0.29) is 24.1 Å². The second-order valence-electron chi connectivity index (χ2n) is 5.70. The van der Waals surface area contributed by atoms with Gasteiger partial charge in [-0.05, 0) is 12.5 Å². The summed E-state index contributed by atoms with van der Waals surface area (Å²) in [5.41, 5.74) is 0.684. The van der Waals surface area contributed by atoms with E-state index in [0.717, 1.165) is 12.0 Å². The molecule has 0 aliphatic carbocycles. The maximum absolute atomic E-state index is 12.6. The largest absolute Gasteiger partial charge is 0.314 e. The highest BCUT2D eigenvalue weighted by Gasteiger charge is 2.63. The number of imide groups is 1. The average Bonchev–Trinajstić information content (AvgIpc) is 2.90. The molecule has 2 saturated heterocycles. The fourth-order valence-electron chi connectivity index (χ4n) is 3.92. The normalized spacial score (nSPS) is 27.7. The molecule has 1 spiro atoms. The molecule has 3 aliphatic heterocycles. The Bertz CT molecular complexity index is 686. The molecule has 1 aromatic rings. The number of hydrazine groups is 1. The topological polar surface area (TPSA) is 60.9 Å². The van der Waals surface area contributed by atoms with Crippen LogP contribution in [0.2, 0.25) is 0 Å². The molecule has 0 N–H and O–H groups in total. The second kappa shape index (κ2) is 3.92. The lowest BCUT2D eigenvalue weighted by Crippen LogP contribution is -2.61. The lowest BCUT2D eigenvalue weighted by Gasteiger charge is -2.47. The first-order valence-electron chi connectivity index (χ1n) is 7.10. The molecular weight excluding hydrogens is 270 g/mol. The molecule has 6 heteroatoms. The monoisotopic (exact) mass is 285 g/mol. The Kier molecular flexibility index (Phi) is 2.34. The van der Waals surface area contributed by atoms with Crippen molar-refractivity contribution >= 4 is 17.7 Å². The van der Waals surface area contributed by atoms with Crippen LogP contribution in [0.5, 0.6) is 0 Å². The van der Waals surface area contributed by atoms with E-state index in [1.807, 2.05) is 18.2 Å². The summed E-state index contributed by atoms with van der Waals surface area (Å²) < 4.78 is 0. The Morgan fingerprint density at radius 3 is 2.71 bits per heavy atom. The zero-order valence-corrected chi connectivity index (χ0v) is 11.7. The van der Waals surface area contributed by atoms with Crippen LogP contribution >= 0.6 is 0 Å². The summed E-state index contributed by atoms with van der Waals surface area (Å²) in [6.07, 6.45) is 0.897. The molecule has 6 nitrogen and oxygen atoms in total. The second-order valence-corrected chi connectivity index (χ2v) is 5.70. The van der Waals surface area contributed by atoms with Gasteiger partial charge in [0.25, 0.3) is 5.91 Å². The third-order valence-corrected chi connectivity index (χ3v) is 4.63. The molecule has 0 aromatic heterocycles. The molecule has 1 aromatic carbocycles. The van der Waals surface area contributed by atoms with Crippen molar-refractivity contribution in [1.82, 2.24) is 14.9 Å². The van der Waals surface area contributed by atoms with Crippen molar-refractivity contribution < 1.29 is 14.4 Å². The van der Waals surface area contributed by atoms with Crippen LogP contribution in [0.1, 0.15) is 35.7 Å². The third kappa shape index (κ3) is 1.33. The average molecular weight is 285 g/mol. The van der Waals surface area contributed by atoms with E-state index in [4.69, 9.17) is 0 Å². The molecule has 21 heavy (non-hydrogen) atoms. The van der Waals surface area contributed by atoms with Crippen molar-refractivity contribution in [1.29, 1.82) is 0 Å². The molecule has 1 atom stereocenters. The van der Waals surface area contributed by atoms with Gasteiger partial charge in [0.2, 0.25) is 11.8 Å². The van der Waals surface area contributed by atoms with Crippen LogP contribution in [0.4, 0.5) is 0 Å². The van der Waals surface area contributed by atoms with Gasteiger partial charge in [-0.15, -0.1) is 0 Å². The van der Waals surface area contributed by atoms with Crippen molar-refractivity contribution in [2.45, 2.75) is 25.4 Å². The molecular formula is C15H15N3O3. The van der Waals surface area contributed by atoms with Gasteiger partial charge in [-0.25, -0.2) is 5.01 Å². The zero-order chi connectivity index (χ0) is 14.8. The summed E-state index contributed by atoms with van der Waals surface area (Å²) in [5, 5.41) is 2.99. The van der Waals surface area contributed by atoms with Crippen LogP contribution < -0.4 is 0 Å². The van der Waals surface area contributed by atoms with Crippen molar-refractivity contribution in [2.24, 2.45) is 0 Å². The number of hydrogen-bond acceptors (Lipinski definition) is 4. The van der Waals surface area contributed by atoms with Crippen LogP contribution in [0.25, 0.3) is 0 Å². The Labute approximate surface area is 121 Å². The molecule has 108 valence electrons. The fourth-order valence-corrected chi connectivity index (χ4v) is 3.92. The molecule has 1 unspecified atom stereocenters. The molecule has 3 aliphatic rings. The Morgan fingerprint density at radius 1 is 1.19 bits per heavy atom. The molecule has 4 rings (SSSR count). The number of hydrogen-bond donors (Lipinski definition) is 0. The number of amides is 3. The van der Waals surface area contributed by atoms with Crippen molar-refractivity contribution in [3.63, 3.8) is 0 Å². The minimum absolute atomic E-state index is 0.0477. The lowest BCUT2D eigenvalue weighted by atomic mass is 9.94. The summed E-state index contributed by atoms with van der Waals surface area (Å²) in [6.45, 7) is 2.60. The van der Waals surface area contributed by atoms with E-state index in [2.05, 4.69) is 0 Å². The minimum atomic E-state index is -0.797. The Morgan fingerprint density at radius 2 is 1.95 bits per heavy atom. The molecule has 0 bridgehead atoms.